The highest BCUT2D eigenvalue weighted by atomic mass is 32.2. The van der Waals surface area contributed by atoms with Crippen molar-refractivity contribution < 1.29 is 8.42 Å². The molecule has 9 heteroatoms. The summed E-state index contributed by atoms with van der Waals surface area (Å²) in [4.78, 5) is 13.0. The molecule has 0 spiro atoms. The summed E-state index contributed by atoms with van der Waals surface area (Å²) < 4.78 is 25.0. The van der Waals surface area contributed by atoms with Crippen molar-refractivity contribution in [1.82, 2.24) is 14.8 Å². The first-order valence-corrected chi connectivity index (χ1v) is 10.7. The fourth-order valence-corrected chi connectivity index (χ4v) is 4.15. The van der Waals surface area contributed by atoms with E-state index >= 15 is 0 Å². The van der Waals surface area contributed by atoms with Crippen LogP contribution in [0.1, 0.15) is 16.7 Å². The van der Waals surface area contributed by atoms with E-state index in [0.29, 0.717) is 18.1 Å². The third-order valence-corrected chi connectivity index (χ3v) is 6.19. The predicted octanol–water partition coefficient (Wildman–Crippen LogP) is 2.24. The Hall–Kier alpha value is -3.17. The zero-order valence-corrected chi connectivity index (χ0v) is 16.8. The molecule has 3 aromatic rings. The molecule has 0 aliphatic carbocycles. The monoisotopic (exact) mass is 410 g/mol. The Morgan fingerprint density at radius 3 is 2.52 bits per heavy atom. The number of rotatable bonds is 5. The molecule has 0 bridgehead atoms. The second kappa shape index (κ2) is 7.69. The molecule has 8 nitrogen and oxygen atoms in total. The molecule has 4 rings (SSSR count). The van der Waals surface area contributed by atoms with Crippen LogP contribution in [-0.4, -0.2) is 24.9 Å². The molecule has 1 aromatic heterocycles. The number of fused-ring (bicyclic) bond motifs is 1. The van der Waals surface area contributed by atoms with E-state index in [0.717, 1.165) is 18.5 Å². The maximum absolute atomic E-state index is 12.5. The van der Waals surface area contributed by atoms with E-state index in [2.05, 4.69) is 37.3 Å². The number of anilines is 3. The van der Waals surface area contributed by atoms with Gasteiger partial charge < -0.3 is 10.6 Å². The molecule has 29 heavy (non-hydrogen) atoms. The molecule has 2 aromatic carbocycles. The summed E-state index contributed by atoms with van der Waals surface area (Å²) in [5.74, 6) is 0.788. The van der Waals surface area contributed by atoms with Gasteiger partial charge in [-0.25, -0.2) is 18.4 Å². The van der Waals surface area contributed by atoms with Gasteiger partial charge in [0.15, 0.2) is 11.6 Å². The number of hydrogen-bond donors (Lipinski definition) is 3. The molecule has 1 aliphatic rings. The molecule has 0 saturated heterocycles. The number of hydrazine groups is 1. The van der Waals surface area contributed by atoms with E-state index in [-0.39, 0.29) is 10.7 Å². The standard InChI is InChI=1S/C20H22N6O2S/c1-14-6-8-17(9-7-14)29(27,28)25-24-19-18(21)20(23-13-22-19)26-11-10-15-4-2-3-5-16(15)12-26/h2-9,13,25H,10-12,21H2,1H3,(H,22,23,24). The lowest BCUT2D eigenvalue weighted by molar-refractivity contribution is 0.587. The zero-order valence-electron chi connectivity index (χ0n) is 16.0. The lowest BCUT2D eigenvalue weighted by Gasteiger charge is -2.30. The number of benzene rings is 2. The molecule has 0 fully saturated rings. The molecule has 1 aliphatic heterocycles. The van der Waals surface area contributed by atoms with Gasteiger partial charge in [0, 0.05) is 13.1 Å². The summed E-state index contributed by atoms with van der Waals surface area (Å²) in [5, 5.41) is 0. The Bertz CT molecular complexity index is 1130. The molecule has 0 radical (unpaired) electrons. The summed E-state index contributed by atoms with van der Waals surface area (Å²) in [5.41, 5.74) is 12.7. The summed E-state index contributed by atoms with van der Waals surface area (Å²) in [6.45, 7) is 3.35. The minimum absolute atomic E-state index is 0.149. The van der Waals surface area contributed by atoms with Crippen LogP contribution in [0.3, 0.4) is 0 Å². The molecular weight excluding hydrogens is 388 g/mol. The van der Waals surface area contributed by atoms with Crippen molar-refractivity contribution >= 4 is 27.3 Å². The van der Waals surface area contributed by atoms with Crippen molar-refractivity contribution in [3.63, 3.8) is 0 Å². The van der Waals surface area contributed by atoms with E-state index in [4.69, 9.17) is 5.73 Å². The van der Waals surface area contributed by atoms with Crippen molar-refractivity contribution in [1.29, 1.82) is 0 Å². The lowest BCUT2D eigenvalue weighted by atomic mass is 10.00. The van der Waals surface area contributed by atoms with Gasteiger partial charge in [-0.1, -0.05) is 42.0 Å². The van der Waals surface area contributed by atoms with Gasteiger partial charge in [-0.05, 0) is 36.6 Å². The number of hydrogen-bond acceptors (Lipinski definition) is 7. The highest BCUT2D eigenvalue weighted by Gasteiger charge is 2.21. The summed E-state index contributed by atoms with van der Waals surface area (Å²) in [6.07, 6.45) is 2.26. The Labute approximate surface area is 169 Å². The average molecular weight is 411 g/mol. The molecular formula is C20H22N6O2S. The van der Waals surface area contributed by atoms with E-state index in [1.807, 2.05) is 19.1 Å². The predicted molar refractivity (Wildman–Crippen MR) is 113 cm³/mol. The normalized spacial score (nSPS) is 13.8. The lowest BCUT2D eigenvalue weighted by Crippen LogP contribution is -2.33. The van der Waals surface area contributed by atoms with Crippen LogP contribution in [-0.2, 0) is 23.0 Å². The number of sulfonamides is 1. The van der Waals surface area contributed by atoms with Gasteiger partial charge in [-0.3, -0.25) is 5.43 Å². The molecule has 0 amide bonds. The number of nitrogen functional groups attached to an aromatic ring is 1. The fourth-order valence-electron chi connectivity index (χ4n) is 3.31. The maximum Gasteiger partial charge on any atom is 0.257 e. The van der Waals surface area contributed by atoms with Crippen LogP contribution in [0.15, 0.2) is 59.8 Å². The highest BCUT2D eigenvalue weighted by molar-refractivity contribution is 7.89. The Morgan fingerprint density at radius 2 is 1.76 bits per heavy atom. The Morgan fingerprint density at radius 1 is 1.03 bits per heavy atom. The van der Waals surface area contributed by atoms with Crippen LogP contribution in [0.25, 0.3) is 0 Å². The van der Waals surface area contributed by atoms with Gasteiger partial charge in [0.1, 0.15) is 12.0 Å². The summed E-state index contributed by atoms with van der Waals surface area (Å²) >= 11 is 0. The molecule has 4 N–H and O–H groups in total. The van der Waals surface area contributed by atoms with Crippen LogP contribution in [0.5, 0.6) is 0 Å². The van der Waals surface area contributed by atoms with Crippen molar-refractivity contribution in [3.8, 4) is 0 Å². The Balaban J connectivity index is 1.52. The van der Waals surface area contributed by atoms with Crippen LogP contribution < -0.4 is 20.9 Å². The first kappa shape index (κ1) is 19.2. The largest absolute Gasteiger partial charge is 0.393 e. The van der Waals surface area contributed by atoms with Crippen molar-refractivity contribution in [2.45, 2.75) is 24.8 Å². The first-order valence-electron chi connectivity index (χ1n) is 9.21. The van der Waals surface area contributed by atoms with Crippen molar-refractivity contribution in [3.05, 3.63) is 71.5 Å². The summed E-state index contributed by atoms with van der Waals surface area (Å²) in [7, 11) is -3.76. The van der Waals surface area contributed by atoms with Gasteiger partial charge in [0.25, 0.3) is 10.0 Å². The molecule has 0 atom stereocenters. The van der Waals surface area contributed by atoms with E-state index < -0.39 is 10.0 Å². The number of aromatic nitrogens is 2. The molecule has 0 unspecified atom stereocenters. The highest BCUT2D eigenvalue weighted by Crippen LogP contribution is 2.30. The molecule has 150 valence electrons. The smallest absolute Gasteiger partial charge is 0.257 e. The van der Waals surface area contributed by atoms with Crippen LogP contribution >= 0.6 is 0 Å². The third kappa shape index (κ3) is 4.01. The maximum atomic E-state index is 12.5. The van der Waals surface area contributed by atoms with Crippen LogP contribution in [0.2, 0.25) is 0 Å². The van der Waals surface area contributed by atoms with Gasteiger partial charge in [0.2, 0.25) is 0 Å². The minimum atomic E-state index is -3.76. The van der Waals surface area contributed by atoms with Crippen LogP contribution in [0.4, 0.5) is 17.3 Å². The fraction of sp³-hybridized carbons (Fsp3) is 0.200. The van der Waals surface area contributed by atoms with Gasteiger partial charge >= 0.3 is 0 Å². The Kier molecular flexibility index (Phi) is 5.08. The number of aryl methyl sites for hydroxylation is 1. The number of nitrogens with zero attached hydrogens (tertiary/aromatic N) is 3. The van der Waals surface area contributed by atoms with Crippen molar-refractivity contribution in [2.24, 2.45) is 0 Å². The van der Waals surface area contributed by atoms with E-state index in [9.17, 15) is 8.42 Å². The summed E-state index contributed by atoms with van der Waals surface area (Å²) in [6, 6.07) is 14.8. The average Bonchev–Trinajstić information content (AvgIpc) is 2.73. The molecule has 0 saturated carbocycles. The zero-order chi connectivity index (χ0) is 20.4. The third-order valence-electron chi connectivity index (χ3n) is 4.93. The second-order valence-corrected chi connectivity index (χ2v) is 8.63. The number of nitrogens with two attached hydrogens (primary N) is 1. The van der Waals surface area contributed by atoms with E-state index in [1.165, 1.54) is 17.5 Å². The van der Waals surface area contributed by atoms with Crippen LogP contribution in [0, 0.1) is 6.92 Å². The number of nitrogens with one attached hydrogen (secondary N) is 2. The van der Waals surface area contributed by atoms with Gasteiger partial charge in [-0.2, -0.15) is 0 Å². The topological polar surface area (TPSA) is 113 Å². The van der Waals surface area contributed by atoms with Crippen molar-refractivity contribution in [2.75, 3.05) is 22.6 Å². The molecule has 2 heterocycles. The van der Waals surface area contributed by atoms with Gasteiger partial charge in [0.05, 0.1) is 4.90 Å². The first-order chi connectivity index (χ1) is 13.9. The second-order valence-electron chi connectivity index (χ2n) is 6.94. The van der Waals surface area contributed by atoms with E-state index in [1.54, 1.807) is 24.3 Å². The van der Waals surface area contributed by atoms with Gasteiger partial charge in [-0.15, -0.1) is 4.83 Å². The SMILES string of the molecule is Cc1ccc(S(=O)(=O)NNc2ncnc(N3CCc4ccccc4C3)c2N)cc1. The quantitative estimate of drug-likeness (QED) is 0.553. The minimum Gasteiger partial charge on any atom is -0.393 e.